The van der Waals surface area contributed by atoms with Gasteiger partial charge in [0.2, 0.25) is 5.91 Å². The number of aryl methyl sites for hydroxylation is 1. The molecule has 2 saturated heterocycles. The Morgan fingerprint density at radius 1 is 1.36 bits per heavy atom. The van der Waals surface area contributed by atoms with Crippen molar-refractivity contribution < 1.29 is 17.9 Å². The molecule has 136 valence electrons. The van der Waals surface area contributed by atoms with Crippen LogP contribution in [0.2, 0.25) is 0 Å². The van der Waals surface area contributed by atoms with Crippen LogP contribution in [0.4, 0.5) is 0 Å². The Hall–Kier alpha value is -1.70. The normalized spacial score (nSPS) is 26.4. The van der Waals surface area contributed by atoms with Crippen molar-refractivity contribution in [2.24, 2.45) is 11.8 Å². The lowest BCUT2D eigenvalue weighted by molar-refractivity contribution is -0.138. The molecule has 7 nitrogen and oxygen atoms in total. The summed E-state index contributed by atoms with van der Waals surface area (Å²) in [6.45, 7) is 2.74. The average molecular weight is 365 g/mol. The van der Waals surface area contributed by atoms with E-state index in [2.05, 4.69) is 9.97 Å². The molecule has 3 aliphatic rings. The van der Waals surface area contributed by atoms with E-state index in [1.54, 1.807) is 17.2 Å². The summed E-state index contributed by atoms with van der Waals surface area (Å²) in [5, 5.41) is 0. The van der Waals surface area contributed by atoms with Gasteiger partial charge in [0.1, 0.15) is 4.75 Å². The Morgan fingerprint density at radius 3 is 2.80 bits per heavy atom. The van der Waals surface area contributed by atoms with Crippen LogP contribution in [0.3, 0.4) is 0 Å². The molecule has 0 unspecified atom stereocenters. The third kappa shape index (κ3) is 3.01. The summed E-state index contributed by atoms with van der Waals surface area (Å²) in [4.78, 5) is 22.2. The van der Waals surface area contributed by atoms with Crippen molar-refractivity contribution in [3.05, 3.63) is 18.0 Å². The monoisotopic (exact) mass is 365 g/mol. The van der Waals surface area contributed by atoms with Crippen LogP contribution in [0.5, 0.6) is 6.01 Å². The number of aromatic nitrogens is 2. The minimum atomic E-state index is -3.21. The second kappa shape index (κ2) is 5.93. The van der Waals surface area contributed by atoms with Crippen LogP contribution in [-0.4, -0.2) is 59.4 Å². The molecule has 0 radical (unpaired) electrons. The van der Waals surface area contributed by atoms with Crippen LogP contribution >= 0.6 is 0 Å². The van der Waals surface area contributed by atoms with Gasteiger partial charge in [-0.2, -0.15) is 0 Å². The predicted molar refractivity (Wildman–Crippen MR) is 90.8 cm³/mol. The first kappa shape index (κ1) is 16.8. The minimum Gasteiger partial charge on any atom is -0.463 e. The van der Waals surface area contributed by atoms with Crippen LogP contribution in [0.15, 0.2) is 12.3 Å². The van der Waals surface area contributed by atoms with Gasteiger partial charge in [-0.1, -0.05) is 0 Å². The fraction of sp³-hybridized carbons (Fsp3) is 0.706. The molecule has 0 bridgehead atoms. The second-order valence-electron chi connectivity index (χ2n) is 7.56. The Labute approximate surface area is 147 Å². The van der Waals surface area contributed by atoms with Gasteiger partial charge in [0, 0.05) is 37.3 Å². The van der Waals surface area contributed by atoms with Gasteiger partial charge in [0.25, 0.3) is 0 Å². The summed E-state index contributed by atoms with van der Waals surface area (Å²) in [5.41, 5.74) is 0.805. The quantitative estimate of drug-likeness (QED) is 0.773. The van der Waals surface area contributed by atoms with E-state index in [1.165, 1.54) is 0 Å². The average Bonchev–Trinajstić information content (AvgIpc) is 3.27. The number of nitrogens with zero attached hydrogens (tertiary/aromatic N) is 3. The standard InChI is InChI=1S/C17H23N3O4S/c1-12-4-6-18-16(19-12)24-9-14-5-7-25(22,23)17(14)10-20(11-17)15(21)8-13-2-3-13/h4,6,13-14H,2-3,5,7-11H2,1H3/t14-/m0/s1. The SMILES string of the molecule is Cc1ccnc(OC[C@@H]2CCS(=O)(=O)C23CN(C(=O)CC2CC2)C3)n1. The molecule has 0 aromatic carbocycles. The Kier molecular flexibility index (Phi) is 3.97. The third-order valence-electron chi connectivity index (χ3n) is 5.71. The zero-order valence-corrected chi connectivity index (χ0v) is 15.2. The molecule has 3 heterocycles. The predicted octanol–water partition coefficient (Wildman–Crippen LogP) is 0.980. The van der Waals surface area contributed by atoms with Gasteiger partial charge in [-0.25, -0.2) is 18.4 Å². The van der Waals surface area contributed by atoms with Crippen LogP contribution in [-0.2, 0) is 14.6 Å². The van der Waals surface area contributed by atoms with Gasteiger partial charge in [-0.15, -0.1) is 0 Å². The van der Waals surface area contributed by atoms with Crippen molar-refractivity contribution in [1.29, 1.82) is 0 Å². The van der Waals surface area contributed by atoms with E-state index < -0.39 is 14.6 Å². The molecular formula is C17H23N3O4S. The zero-order chi connectivity index (χ0) is 17.7. The van der Waals surface area contributed by atoms with Crippen molar-refractivity contribution >= 4 is 15.7 Å². The summed E-state index contributed by atoms with van der Waals surface area (Å²) < 4.78 is 30.1. The number of likely N-dealkylation sites (tertiary alicyclic amines) is 1. The molecule has 0 N–H and O–H groups in total. The van der Waals surface area contributed by atoms with Gasteiger partial charge < -0.3 is 9.64 Å². The van der Waals surface area contributed by atoms with Gasteiger partial charge in [-0.05, 0) is 38.2 Å². The molecule has 3 fully saturated rings. The fourth-order valence-corrected chi connectivity index (χ4v) is 6.25. The Bertz CT molecular complexity index is 785. The van der Waals surface area contributed by atoms with Crippen molar-refractivity contribution in [1.82, 2.24) is 14.9 Å². The molecule has 2 aliphatic heterocycles. The molecule has 8 heteroatoms. The lowest BCUT2D eigenvalue weighted by atomic mass is 9.83. The molecule has 1 spiro atoms. The van der Waals surface area contributed by atoms with Crippen molar-refractivity contribution in [2.45, 2.75) is 37.4 Å². The molecule has 1 atom stereocenters. The number of sulfone groups is 1. The van der Waals surface area contributed by atoms with E-state index >= 15 is 0 Å². The fourth-order valence-electron chi connectivity index (χ4n) is 3.85. The van der Waals surface area contributed by atoms with Crippen LogP contribution in [0.25, 0.3) is 0 Å². The topological polar surface area (TPSA) is 89.5 Å². The lowest BCUT2D eigenvalue weighted by Gasteiger charge is -2.49. The maximum absolute atomic E-state index is 12.6. The summed E-state index contributed by atoms with van der Waals surface area (Å²) in [6.07, 6.45) is 5.00. The molecule has 1 aromatic heterocycles. The van der Waals surface area contributed by atoms with E-state index in [0.717, 1.165) is 18.5 Å². The zero-order valence-electron chi connectivity index (χ0n) is 14.3. The molecule has 4 rings (SSSR count). The van der Waals surface area contributed by atoms with E-state index in [-0.39, 0.29) is 30.2 Å². The van der Waals surface area contributed by atoms with Crippen molar-refractivity contribution in [2.75, 3.05) is 25.4 Å². The highest BCUT2D eigenvalue weighted by atomic mass is 32.2. The highest BCUT2D eigenvalue weighted by Gasteiger charge is 2.62. The molecular weight excluding hydrogens is 342 g/mol. The number of hydrogen-bond donors (Lipinski definition) is 0. The second-order valence-corrected chi connectivity index (χ2v) is 10.0. The van der Waals surface area contributed by atoms with E-state index in [0.29, 0.717) is 31.8 Å². The van der Waals surface area contributed by atoms with Crippen LogP contribution in [0.1, 0.15) is 31.4 Å². The number of ether oxygens (including phenoxy) is 1. The van der Waals surface area contributed by atoms with Crippen LogP contribution < -0.4 is 4.74 Å². The first-order valence-corrected chi connectivity index (χ1v) is 10.5. The maximum atomic E-state index is 12.6. The largest absolute Gasteiger partial charge is 0.463 e. The molecule has 1 aromatic rings. The van der Waals surface area contributed by atoms with Gasteiger partial charge in [-0.3, -0.25) is 4.79 Å². The first-order chi connectivity index (χ1) is 11.9. The highest BCUT2D eigenvalue weighted by molar-refractivity contribution is 7.93. The summed E-state index contributed by atoms with van der Waals surface area (Å²) >= 11 is 0. The lowest BCUT2D eigenvalue weighted by Crippen LogP contribution is -2.69. The number of rotatable bonds is 5. The van der Waals surface area contributed by atoms with E-state index in [1.807, 2.05) is 6.92 Å². The molecule has 1 saturated carbocycles. The maximum Gasteiger partial charge on any atom is 0.316 e. The summed E-state index contributed by atoms with van der Waals surface area (Å²) in [7, 11) is -3.21. The number of carbonyl (C=O) groups is 1. The Balaban J connectivity index is 1.42. The number of amides is 1. The van der Waals surface area contributed by atoms with Gasteiger partial charge >= 0.3 is 6.01 Å². The molecule has 25 heavy (non-hydrogen) atoms. The summed E-state index contributed by atoms with van der Waals surface area (Å²) in [5.74, 6) is 0.658. The Morgan fingerprint density at radius 2 is 2.12 bits per heavy atom. The minimum absolute atomic E-state index is 0.0944. The number of carbonyl (C=O) groups excluding carboxylic acids is 1. The molecule has 1 aliphatic carbocycles. The smallest absolute Gasteiger partial charge is 0.316 e. The van der Waals surface area contributed by atoms with Gasteiger partial charge in [0.05, 0.1) is 12.4 Å². The number of hydrogen-bond acceptors (Lipinski definition) is 6. The highest BCUT2D eigenvalue weighted by Crippen LogP contribution is 2.45. The molecule has 1 amide bonds. The van der Waals surface area contributed by atoms with Crippen molar-refractivity contribution in [3.8, 4) is 6.01 Å². The first-order valence-electron chi connectivity index (χ1n) is 8.82. The van der Waals surface area contributed by atoms with Gasteiger partial charge in [0.15, 0.2) is 9.84 Å². The van der Waals surface area contributed by atoms with Crippen molar-refractivity contribution in [3.63, 3.8) is 0 Å². The van der Waals surface area contributed by atoms with E-state index in [4.69, 9.17) is 4.74 Å². The van der Waals surface area contributed by atoms with Crippen LogP contribution in [0, 0.1) is 18.8 Å². The summed E-state index contributed by atoms with van der Waals surface area (Å²) in [6, 6.07) is 2.06. The third-order valence-corrected chi connectivity index (χ3v) is 8.32. The van der Waals surface area contributed by atoms with E-state index in [9.17, 15) is 13.2 Å².